The molecule has 0 heterocycles. The third-order valence-corrected chi connectivity index (χ3v) is 7.57. The van der Waals surface area contributed by atoms with Crippen LogP contribution in [0.3, 0.4) is 0 Å². The Labute approximate surface area is 210 Å². The molecule has 7 atom stereocenters. The summed E-state index contributed by atoms with van der Waals surface area (Å²) in [4.78, 5) is 24.0. The van der Waals surface area contributed by atoms with Crippen LogP contribution in [0.25, 0.3) is 0 Å². The Hall–Kier alpha value is -1.70. The molecule has 35 heavy (non-hydrogen) atoms. The molecule has 7 heteroatoms. The number of hydrogen-bond donors (Lipinski definition) is 4. The van der Waals surface area contributed by atoms with E-state index in [1.807, 2.05) is 12.2 Å². The molecular weight excluding hydrogens is 448 g/mol. The number of carbonyl (C=O) groups is 2. The predicted molar refractivity (Wildman–Crippen MR) is 135 cm³/mol. The Balaban J connectivity index is 2.11. The first-order valence-corrected chi connectivity index (χ1v) is 13.5. The van der Waals surface area contributed by atoms with E-state index in [1.54, 1.807) is 0 Å². The fourth-order valence-corrected chi connectivity index (χ4v) is 5.61. The number of carboxylic acids is 1. The van der Waals surface area contributed by atoms with Crippen molar-refractivity contribution in [3.8, 4) is 0 Å². The topological polar surface area (TPSA) is 124 Å². The van der Waals surface area contributed by atoms with E-state index in [0.29, 0.717) is 19.3 Å². The number of carboxylic acid groups (broad SMARTS) is 1. The van der Waals surface area contributed by atoms with Gasteiger partial charge in [0.2, 0.25) is 0 Å². The molecule has 0 aromatic rings. The Morgan fingerprint density at radius 1 is 1.09 bits per heavy atom. The molecule has 7 unspecified atom stereocenters. The normalized spacial score (nSPS) is 27.7. The first-order chi connectivity index (χ1) is 16.7. The van der Waals surface area contributed by atoms with Gasteiger partial charge in [-0.2, -0.15) is 0 Å². The molecule has 0 aliphatic heterocycles. The van der Waals surface area contributed by atoms with Gasteiger partial charge in [0.1, 0.15) is 6.10 Å². The Morgan fingerprint density at radius 2 is 1.74 bits per heavy atom. The van der Waals surface area contributed by atoms with Gasteiger partial charge in [0.05, 0.1) is 30.7 Å². The summed E-state index contributed by atoms with van der Waals surface area (Å²) in [5.41, 5.74) is 0.976. The van der Waals surface area contributed by atoms with Crippen LogP contribution in [-0.4, -0.2) is 56.8 Å². The summed E-state index contributed by atoms with van der Waals surface area (Å²) in [5.74, 6) is -1.13. The molecule has 0 radical (unpaired) electrons. The molecule has 4 N–H and O–H groups in total. The highest BCUT2D eigenvalue weighted by Crippen LogP contribution is 2.44. The fourth-order valence-electron chi connectivity index (χ4n) is 5.61. The van der Waals surface area contributed by atoms with Crippen LogP contribution in [0, 0.1) is 23.7 Å². The molecule has 2 aliphatic carbocycles. The minimum absolute atomic E-state index is 0.0181. The molecule has 2 rings (SSSR count). The van der Waals surface area contributed by atoms with Crippen molar-refractivity contribution < 1.29 is 34.8 Å². The van der Waals surface area contributed by atoms with Gasteiger partial charge in [-0.25, -0.2) is 0 Å². The number of hydrogen-bond acceptors (Lipinski definition) is 6. The highest BCUT2D eigenvalue weighted by Gasteiger charge is 2.42. The van der Waals surface area contributed by atoms with Crippen LogP contribution in [0.2, 0.25) is 0 Å². The molecular formula is C28H46O7. The fraction of sp³-hybridized carbons (Fsp3) is 0.786. The number of aliphatic hydroxyl groups is 3. The SMILES string of the molecule is CCCCC(CCCC)C(=O)OC1CC(O)C=C2C=CC(C)C(CCC(O)CC(O)CC(=O)O)C21. The number of allylic oxidation sites excluding steroid dienone is 2. The van der Waals surface area contributed by atoms with E-state index in [-0.39, 0.29) is 42.5 Å². The Bertz CT molecular complexity index is 723. The maximum atomic E-state index is 13.2. The van der Waals surface area contributed by atoms with E-state index in [0.717, 1.165) is 44.1 Å². The maximum absolute atomic E-state index is 13.2. The third-order valence-electron chi connectivity index (χ3n) is 7.57. The van der Waals surface area contributed by atoms with E-state index in [4.69, 9.17) is 9.84 Å². The number of unbranched alkanes of at least 4 members (excludes halogenated alkanes) is 2. The lowest BCUT2D eigenvalue weighted by Crippen LogP contribution is -2.43. The van der Waals surface area contributed by atoms with Crippen molar-refractivity contribution in [3.63, 3.8) is 0 Å². The van der Waals surface area contributed by atoms with Crippen LogP contribution in [-0.2, 0) is 14.3 Å². The summed E-state index contributed by atoms with van der Waals surface area (Å²) < 4.78 is 6.14. The molecule has 0 aromatic heterocycles. The molecule has 200 valence electrons. The molecule has 0 saturated heterocycles. The van der Waals surface area contributed by atoms with E-state index < -0.39 is 30.4 Å². The van der Waals surface area contributed by atoms with Gasteiger partial charge < -0.3 is 25.2 Å². The molecule has 0 fully saturated rings. The van der Waals surface area contributed by atoms with E-state index in [9.17, 15) is 24.9 Å². The van der Waals surface area contributed by atoms with Crippen molar-refractivity contribution in [1.82, 2.24) is 0 Å². The monoisotopic (exact) mass is 494 g/mol. The van der Waals surface area contributed by atoms with Crippen LogP contribution in [0.5, 0.6) is 0 Å². The van der Waals surface area contributed by atoms with Gasteiger partial charge in [-0.15, -0.1) is 0 Å². The van der Waals surface area contributed by atoms with Crippen molar-refractivity contribution >= 4 is 11.9 Å². The van der Waals surface area contributed by atoms with Gasteiger partial charge in [-0.1, -0.05) is 64.7 Å². The molecule has 0 bridgehead atoms. The second kappa shape index (κ2) is 14.8. The lowest BCUT2D eigenvalue weighted by atomic mass is 9.66. The van der Waals surface area contributed by atoms with Gasteiger partial charge in [-0.3, -0.25) is 9.59 Å². The average molecular weight is 495 g/mol. The lowest BCUT2D eigenvalue weighted by Gasteiger charge is -2.43. The number of rotatable bonds is 15. The van der Waals surface area contributed by atoms with Crippen molar-refractivity contribution in [2.75, 3.05) is 0 Å². The quantitative estimate of drug-likeness (QED) is 0.249. The van der Waals surface area contributed by atoms with Crippen LogP contribution >= 0.6 is 0 Å². The zero-order chi connectivity index (χ0) is 26.0. The number of fused-ring (bicyclic) bond motifs is 1. The zero-order valence-electron chi connectivity index (χ0n) is 21.6. The third kappa shape index (κ3) is 9.36. The zero-order valence-corrected chi connectivity index (χ0v) is 21.6. The van der Waals surface area contributed by atoms with Gasteiger partial charge in [0.25, 0.3) is 0 Å². The summed E-state index contributed by atoms with van der Waals surface area (Å²) >= 11 is 0. The Morgan fingerprint density at radius 3 is 2.34 bits per heavy atom. The van der Waals surface area contributed by atoms with Crippen molar-refractivity contribution in [1.29, 1.82) is 0 Å². The number of aliphatic carboxylic acids is 1. The van der Waals surface area contributed by atoms with E-state index in [1.165, 1.54) is 0 Å². The minimum atomic E-state index is -1.09. The summed E-state index contributed by atoms with van der Waals surface area (Å²) in [7, 11) is 0. The number of ether oxygens (including phenoxy) is 1. The second-order valence-corrected chi connectivity index (χ2v) is 10.6. The minimum Gasteiger partial charge on any atom is -0.481 e. The number of esters is 1. The first kappa shape index (κ1) is 29.5. The van der Waals surface area contributed by atoms with Gasteiger partial charge in [0, 0.05) is 12.3 Å². The van der Waals surface area contributed by atoms with E-state index in [2.05, 4.69) is 26.8 Å². The van der Waals surface area contributed by atoms with Crippen molar-refractivity contribution in [2.45, 2.75) is 116 Å². The van der Waals surface area contributed by atoms with E-state index >= 15 is 0 Å². The van der Waals surface area contributed by atoms with Gasteiger partial charge in [-0.05, 0) is 49.5 Å². The van der Waals surface area contributed by atoms with Crippen molar-refractivity contribution in [3.05, 3.63) is 23.8 Å². The van der Waals surface area contributed by atoms with Crippen molar-refractivity contribution in [2.24, 2.45) is 23.7 Å². The maximum Gasteiger partial charge on any atom is 0.309 e. The largest absolute Gasteiger partial charge is 0.481 e. The van der Waals surface area contributed by atoms with Crippen LogP contribution in [0.4, 0.5) is 0 Å². The molecule has 0 aromatic carbocycles. The molecule has 2 aliphatic rings. The Kier molecular flexibility index (Phi) is 12.5. The summed E-state index contributed by atoms with van der Waals surface area (Å²) in [5, 5.41) is 39.6. The highest BCUT2D eigenvalue weighted by molar-refractivity contribution is 5.72. The average Bonchev–Trinajstić information content (AvgIpc) is 2.77. The highest BCUT2D eigenvalue weighted by atomic mass is 16.5. The van der Waals surface area contributed by atoms with Crippen LogP contribution in [0.15, 0.2) is 23.8 Å². The number of carbonyl (C=O) groups excluding carboxylic acids is 1. The summed E-state index contributed by atoms with van der Waals surface area (Å²) in [6.45, 7) is 6.34. The molecule has 0 saturated carbocycles. The van der Waals surface area contributed by atoms with Gasteiger partial charge in [0.15, 0.2) is 0 Å². The predicted octanol–water partition coefficient (Wildman–Crippen LogP) is 4.39. The molecule has 7 nitrogen and oxygen atoms in total. The number of aliphatic hydroxyl groups excluding tert-OH is 3. The second-order valence-electron chi connectivity index (χ2n) is 10.6. The van der Waals surface area contributed by atoms with Crippen LogP contribution in [0.1, 0.15) is 91.4 Å². The standard InChI is InChI=1S/C28H46O7/c1-4-6-8-19(9-7-5-2)28(34)35-25-16-22(30)14-20-11-10-18(3)24(27(20)25)13-12-21(29)15-23(31)17-26(32)33/h10-11,14,18-19,21-25,27,29-31H,4-9,12-13,15-17H2,1-3H3,(H,32,33). The van der Waals surface area contributed by atoms with Crippen LogP contribution < -0.4 is 0 Å². The first-order valence-electron chi connectivity index (χ1n) is 13.5. The lowest BCUT2D eigenvalue weighted by molar-refractivity contribution is -0.160. The summed E-state index contributed by atoms with van der Waals surface area (Å²) in [6.07, 6.45) is 9.73. The smallest absolute Gasteiger partial charge is 0.309 e. The molecule has 0 amide bonds. The summed E-state index contributed by atoms with van der Waals surface area (Å²) in [6, 6.07) is 0. The molecule has 0 spiro atoms. The van der Waals surface area contributed by atoms with Gasteiger partial charge >= 0.3 is 11.9 Å².